The van der Waals surface area contributed by atoms with E-state index in [0.717, 1.165) is 5.56 Å². The summed E-state index contributed by atoms with van der Waals surface area (Å²) >= 11 is 0. The number of para-hydroxylation sites is 1. The van der Waals surface area contributed by atoms with Crippen molar-refractivity contribution in [1.82, 2.24) is 0 Å². The number of aliphatic carboxylic acids is 1. The number of ether oxygens (including phenoxy) is 2. The number of hydrogen-bond acceptors (Lipinski definition) is 3. The highest BCUT2D eigenvalue weighted by atomic mass is 16.5. The third-order valence-electron chi connectivity index (χ3n) is 3.03. The summed E-state index contributed by atoms with van der Waals surface area (Å²) in [5, 5.41) is 9.01. The summed E-state index contributed by atoms with van der Waals surface area (Å²) in [6.45, 7) is 2.11. The zero-order chi connectivity index (χ0) is 11.7. The van der Waals surface area contributed by atoms with Crippen molar-refractivity contribution in [2.24, 2.45) is 5.92 Å². The van der Waals surface area contributed by atoms with Gasteiger partial charge in [-0.25, -0.2) is 0 Å². The third kappa shape index (κ3) is 1.60. The Bertz CT molecular complexity index is 413. The van der Waals surface area contributed by atoms with E-state index in [2.05, 4.69) is 0 Å². The summed E-state index contributed by atoms with van der Waals surface area (Å²) in [4.78, 5) is 11.0. The number of fused-ring (bicyclic) bond motifs is 1. The fourth-order valence-corrected chi connectivity index (χ4v) is 1.99. The summed E-state index contributed by atoms with van der Waals surface area (Å²) in [7, 11) is 1.58. The van der Waals surface area contributed by atoms with Crippen molar-refractivity contribution < 1.29 is 19.4 Å². The van der Waals surface area contributed by atoms with E-state index in [1.165, 1.54) is 0 Å². The zero-order valence-corrected chi connectivity index (χ0v) is 9.27. The van der Waals surface area contributed by atoms with E-state index in [1.807, 2.05) is 18.2 Å². The van der Waals surface area contributed by atoms with Crippen molar-refractivity contribution in [3.8, 4) is 11.5 Å². The van der Waals surface area contributed by atoms with E-state index in [9.17, 15) is 4.79 Å². The monoisotopic (exact) mass is 222 g/mol. The topological polar surface area (TPSA) is 55.8 Å². The predicted octanol–water partition coefficient (Wildman–Crippen LogP) is 1.89. The average Bonchev–Trinajstić information content (AvgIpc) is 2.71. The number of carboxylic acid groups (broad SMARTS) is 1. The van der Waals surface area contributed by atoms with Gasteiger partial charge in [-0.15, -0.1) is 0 Å². The summed E-state index contributed by atoms with van der Waals surface area (Å²) in [5.74, 6) is 0.000847. The molecule has 0 amide bonds. The van der Waals surface area contributed by atoms with Gasteiger partial charge in [0.05, 0.1) is 19.6 Å². The highest BCUT2D eigenvalue weighted by Gasteiger charge is 2.34. The van der Waals surface area contributed by atoms with Crippen LogP contribution >= 0.6 is 0 Å². The second-order valence-electron chi connectivity index (χ2n) is 3.92. The molecule has 0 spiro atoms. The molecular weight excluding hydrogens is 208 g/mol. The average molecular weight is 222 g/mol. The van der Waals surface area contributed by atoms with Gasteiger partial charge in [0.1, 0.15) is 0 Å². The molecule has 1 aliphatic heterocycles. The molecule has 2 atom stereocenters. The third-order valence-corrected chi connectivity index (χ3v) is 3.03. The van der Waals surface area contributed by atoms with Gasteiger partial charge in [-0.05, 0) is 6.07 Å². The molecule has 86 valence electrons. The molecule has 0 aromatic heterocycles. The van der Waals surface area contributed by atoms with Gasteiger partial charge in [0.2, 0.25) is 0 Å². The smallest absolute Gasteiger partial charge is 0.306 e. The Balaban J connectivity index is 2.37. The molecular formula is C12H14O4. The Morgan fingerprint density at radius 1 is 1.62 bits per heavy atom. The maximum Gasteiger partial charge on any atom is 0.306 e. The molecule has 2 rings (SSSR count). The molecule has 0 aliphatic carbocycles. The number of carbonyl (C=O) groups is 1. The van der Waals surface area contributed by atoms with E-state index in [-0.39, 0.29) is 5.92 Å². The molecule has 0 saturated heterocycles. The van der Waals surface area contributed by atoms with Crippen molar-refractivity contribution >= 4 is 5.97 Å². The van der Waals surface area contributed by atoms with Crippen LogP contribution in [0.3, 0.4) is 0 Å². The summed E-state index contributed by atoms with van der Waals surface area (Å²) in [6, 6.07) is 5.57. The summed E-state index contributed by atoms with van der Waals surface area (Å²) < 4.78 is 10.7. The maximum atomic E-state index is 11.0. The molecule has 0 saturated carbocycles. The Hall–Kier alpha value is -1.71. The first kappa shape index (κ1) is 10.8. The van der Waals surface area contributed by atoms with E-state index in [0.29, 0.717) is 18.1 Å². The van der Waals surface area contributed by atoms with Crippen molar-refractivity contribution in [3.05, 3.63) is 23.8 Å². The van der Waals surface area contributed by atoms with Crippen LogP contribution in [0.2, 0.25) is 0 Å². The standard InChI is InChI=1S/C12H14O4/c1-7(12(13)14)9-6-16-11-8(9)4-3-5-10(11)15-2/h3-5,7,9H,6H2,1-2H3,(H,13,14). The predicted molar refractivity (Wildman–Crippen MR) is 58.0 cm³/mol. The van der Waals surface area contributed by atoms with Gasteiger partial charge < -0.3 is 14.6 Å². The van der Waals surface area contributed by atoms with Crippen LogP contribution in [-0.4, -0.2) is 24.8 Å². The highest BCUT2D eigenvalue weighted by molar-refractivity contribution is 5.72. The molecule has 0 fully saturated rings. The minimum Gasteiger partial charge on any atom is -0.493 e. The maximum absolute atomic E-state index is 11.0. The minimum atomic E-state index is -0.802. The van der Waals surface area contributed by atoms with Crippen molar-refractivity contribution in [3.63, 3.8) is 0 Å². The molecule has 1 aromatic carbocycles. The van der Waals surface area contributed by atoms with Crippen LogP contribution in [-0.2, 0) is 4.79 Å². The van der Waals surface area contributed by atoms with E-state index >= 15 is 0 Å². The fraction of sp³-hybridized carbons (Fsp3) is 0.417. The molecule has 0 bridgehead atoms. The van der Waals surface area contributed by atoms with Gasteiger partial charge in [-0.1, -0.05) is 19.1 Å². The Morgan fingerprint density at radius 3 is 3.00 bits per heavy atom. The first-order valence-electron chi connectivity index (χ1n) is 5.17. The Morgan fingerprint density at radius 2 is 2.38 bits per heavy atom. The molecule has 1 aromatic rings. The SMILES string of the molecule is COc1cccc2c1OCC2C(C)C(=O)O. The largest absolute Gasteiger partial charge is 0.493 e. The molecule has 4 nitrogen and oxygen atoms in total. The van der Waals surface area contributed by atoms with Crippen molar-refractivity contribution in [1.29, 1.82) is 0 Å². The lowest BCUT2D eigenvalue weighted by Crippen LogP contribution is -2.19. The summed E-state index contributed by atoms with van der Waals surface area (Å²) in [6.07, 6.45) is 0. The number of hydrogen-bond donors (Lipinski definition) is 1. The molecule has 1 aliphatic rings. The van der Waals surface area contributed by atoms with Crippen molar-refractivity contribution in [2.75, 3.05) is 13.7 Å². The van der Waals surface area contributed by atoms with Gasteiger partial charge in [-0.3, -0.25) is 4.79 Å². The van der Waals surface area contributed by atoms with Gasteiger partial charge in [-0.2, -0.15) is 0 Å². The van der Waals surface area contributed by atoms with Crippen molar-refractivity contribution in [2.45, 2.75) is 12.8 Å². The number of carboxylic acids is 1. The second kappa shape index (κ2) is 4.04. The molecule has 1 heterocycles. The van der Waals surface area contributed by atoms with Crippen LogP contribution in [0.25, 0.3) is 0 Å². The summed E-state index contributed by atoms with van der Waals surface area (Å²) in [5.41, 5.74) is 0.925. The molecule has 0 radical (unpaired) electrons. The van der Waals surface area contributed by atoms with E-state index < -0.39 is 11.9 Å². The van der Waals surface area contributed by atoms with Crippen LogP contribution < -0.4 is 9.47 Å². The van der Waals surface area contributed by atoms with Crippen LogP contribution in [0, 0.1) is 5.92 Å². The second-order valence-corrected chi connectivity index (χ2v) is 3.92. The first-order valence-corrected chi connectivity index (χ1v) is 5.17. The van der Waals surface area contributed by atoms with E-state index in [1.54, 1.807) is 14.0 Å². The fourth-order valence-electron chi connectivity index (χ4n) is 1.99. The number of rotatable bonds is 3. The Labute approximate surface area is 93.8 Å². The molecule has 4 heteroatoms. The number of methoxy groups -OCH3 is 1. The van der Waals surface area contributed by atoms with Gasteiger partial charge in [0.25, 0.3) is 0 Å². The van der Waals surface area contributed by atoms with Gasteiger partial charge in [0.15, 0.2) is 11.5 Å². The van der Waals surface area contributed by atoms with Crippen LogP contribution in [0.15, 0.2) is 18.2 Å². The highest BCUT2D eigenvalue weighted by Crippen LogP contribution is 2.43. The lowest BCUT2D eigenvalue weighted by Gasteiger charge is -2.13. The first-order chi connectivity index (χ1) is 7.65. The van der Waals surface area contributed by atoms with Crippen LogP contribution in [0.4, 0.5) is 0 Å². The van der Waals surface area contributed by atoms with Crippen LogP contribution in [0.5, 0.6) is 11.5 Å². The zero-order valence-electron chi connectivity index (χ0n) is 9.27. The Kier molecular flexibility index (Phi) is 2.73. The molecule has 2 unspecified atom stereocenters. The minimum absolute atomic E-state index is 0.0948. The lowest BCUT2D eigenvalue weighted by molar-refractivity contribution is -0.142. The van der Waals surface area contributed by atoms with Gasteiger partial charge >= 0.3 is 5.97 Å². The number of benzene rings is 1. The molecule has 16 heavy (non-hydrogen) atoms. The van der Waals surface area contributed by atoms with Crippen LogP contribution in [0.1, 0.15) is 18.4 Å². The molecule has 1 N–H and O–H groups in total. The van der Waals surface area contributed by atoms with E-state index in [4.69, 9.17) is 14.6 Å². The van der Waals surface area contributed by atoms with Gasteiger partial charge in [0, 0.05) is 11.5 Å². The normalized spacial score (nSPS) is 19.8. The lowest BCUT2D eigenvalue weighted by atomic mass is 9.89. The quantitative estimate of drug-likeness (QED) is 0.848.